The zero-order chi connectivity index (χ0) is 14.1. The number of aryl methyl sites for hydroxylation is 1. The van der Waals surface area contributed by atoms with Crippen molar-refractivity contribution in [2.45, 2.75) is 25.2 Å². The van der Waals surface area contributed by atoms with E-state index in [1.165, 1.54) is 6.92 Å². The first-order valence-electron chi connectivity index (χ1n) is 4.89. The number of rotatable bonds is 4. The summed E-state index contributed by atoms with van der Waals surface area (Å²) >= 11 is 0. The fourth-order valence-corrected chi connectivity index (χ4v) is 1.51. The number of nitrogens with two attached hydrogens (primary N) is 1. The molecule has 0 aliphatic heterocycles. The average Bonchev–Trinajstić information content (AvgIpc) is 2.68. The van der Waals surface area contributed by atoms with E-state index in [2.05, 4.69) is 5.10 Å². The Bertz CT molecular complexity index is 436. The van der Waals surface area contributed by atoms with Gasteiger partial charge in [-0.15, -0.1) is 0 Å². The van der Waals surface area contributed by atoms with Crippen molar-refractivity contribution in [2.75, 3.05) is 7.11 Å². The number of hydrogen-bond donors (Lipinski definition) is 2. The highest BCUT2D eigenvalue weighted by atomic mass is 19.4. The van der Waals surface area contributed by atoms with Crippen LogP contribution < -0.4 is 10.5 Å². The Kier molecular flexibility index (Phi) is 3.56. The maximum Gasteiger partial charge on any atom is 0.423 e. The Morgan fingerprint density at radius 1 is 1.61 bits per heavy atom. The Labute approximate surface area is 100 Å². The summed E-state index contributed by atoms with van der Waals surface area (Å²) in [5.74, 6) is -2.54. The number of hydrogen-bond acceptors (Lipinski definition) is 4. The minimum atomic E-state index is -5.18. The van der Waals surface area contributed by atoms with Crippen LogP contribution in [0.25, 0.3) is 0 Å². The lowest BCUT2D eigenvalue weighted by Gasteiger charge is -2.28. The second-order valence-electron chi connectivity index (χ2n) is 3.49. The molecule has 0 spiro atoms. The van der Waals surface area contributed by atoms with Gasteiger partial charge in [-0.1, -0.05) is 0 Å². The Morgan fingerprint density at radius 2 is 2.17 bits per heavy atom. The Hall–Kier alpha value is -1.77. The molecule has 0 saturated heterocycles. The van der Waals surface area contributed by atoms with Gasteiger partial charge in [-0.25, -0.2) is 4.79 Å². The minimum Gasteiger partial charge on any atom is -0.493 e. The minimum absolute atomic E-state index is 0.0288. The molecule has 0 fully saturated rings. The van der Waals surface area contributed by atoms with Crippen LogP contribution in [-0.4, -0.2) is 34.1 Å². The van der Waals surface area contributed by atoms with Gasteiger partial charge in [-0.3, -0.25) is 4.68 Å². The molecule has 1 aromatic heterocycles. The maximum absolute atomic E-state index is 12.9. The molecule has 6 nitrogen and oxygen atoms in total. The summed E-state index contributed by atoms with van der Waals surface area (Å²) < 4.78 is 44.4. The second-order valence-corrected chi connectivity index (χ2v) is 3.49. The molecule has 0 radical (unpaired) electrons. The van der Waals surface area contributed by atoms with Gasteiger partial charge >= 0.3 is 12.1 Å². The number of ether oxygens (including phenoxy) is 1. The number of aliphatic carboxylic acids is 1. The smallest absolute Gasteiger partial charge is 0.423 e. The van der Waals surface area contributed by atoms with Crippen LogP contribution in [0.2, 0.25) is 0 Å². The summed E-state index contributed by atoms with van der Waals surface area (Å²) in [7, 11) is 1.11. The predicted molar refractivity (Wildman–Crippen MR) is 54.0 cm³/mol. The largest absolute Gasteiger partial charge is 0.493 e. The Morgan fingerprint density at radius 3 is 2.50 bits per heavy atom. The SMILES string of the molecule is CCn1ncc(OC)c1C(N)(C(=O)O)C(F)(F)F. The molecule has 9 heteroatoms. The van der Waals surface area contributed by atoms with Crippen molar-refractivity contribution in [2.24, 2.45) is 5.73 Å². The van der Waals surface area contributed by atoms with Crippen molar-refractivity contribution in [3.05, 3.63) is 11.9 Å². The van der Waals surface area contributed by atoms with E-state index in [-0.39, 0.29) is 12.3 Å². The summed E-state index contributed by atoms with van der Waals surface area (Å²) in [4.78, 5) is 11.0. The molecule has 0 saturated carbocycles. The predicted octanol–water partition coefficient (Wildman–Crippen LogP) is 0.712. The highest BCUT2D eigenvalue weighted by molar-refractivity contribution is 5.82. The van der Waals surface area contributed by atoms with Gasteiger partial charge in [-0.05, 0) is 6.92 Å². The summed E-state index contributed by atoms with van der Waals surface area (Å²) in [6.07, 6.45) is -4.19. The third-order valence-corrected chi connectivity index (χ3v) is 2.48. The molecule has 102 valence electrons. The summed E-state index contributed by atoms with van der Waals surface area (Å²) in [6.45, 7) is 1.54. The third-order valence-electron chi connectivity index (χ3n) is 2.48. The number of methoxy groups -OCH3 is 1. The van der Waals surface area contributed by atoms with Gasteiger partial charge < -0.3 is 15.6 Å². The van der Waals surface area contributed by atoms with Crippen molar-refractivity contribution >= 4 is 5.97 Å². The first-order valence-corrected chi connectivity index (χ1v) is 4.89. The molecule has 0 aliphatic rings. The first kappa shape index (κ1) is 14.3. The molecule has 1 rings (SSSR count). The van der Waals surface area contributed by atoms with Gasteiger partial charge in [0.1, 0.15) is 5.69 Å². The van der Waals surface area contributed by atoms with Gasteiger partial charge in [0.25, 0.3) is 5.54 Å². The molecular weight excluding hydrogens is 255 g/mol. The average molecular weight is 267 g/mol. The van der Waals surface area contributed by atoms with Crippen LogP contribution in [0.15, 0.2) is 6.20 Å². The standard InChI is InChI=1S/C9H12F3N3O3/c1-3-15-6(5(18-2)4-14-15)8(13,7(16)17)9(10,11)12/h4H,3,13H2,1-2H3,(H,16,17). The van der Waals surface area contributed by atoms with Crippen molar-refractivity contribution in [3.8, 4) is 5.75 Å². The molecule has 1 atom stereocenters. The van der Waals surface area contributed by atoms with Gasteiger partial charge in [0, 0.05) is 6.54 Å². The summed E-state index contributed by atoms with van der Waals surface area (Å²) in [5.41, 5.74) is 0.777. The molecular formula is C9H12F3N3O3. The van der Waals surface area contributed by atoms with E-state index in [9.17, 15) is 18.0 Å². The van der Waals surface area contributed by atoms with Gasteiger partial charge in [0.15, 0.2) is 5.75 Å². The van der Waals surface area contributed by atoms with Crippen molar-refractivity contribution in [1.82, 2.24) is 9.78 Å². The molecule has 1 aromatic rings. The fourth-order valence-electron chi connectivity index (χ4n) is 1.51. The van der Waals surface area contributed by atoms with Crippen molar-refractivity contribution < 1.29 is 27.8 Å². The zero-order valence-electron chi connectivity index (χ0n) is 9.65. The first-order chi connectivity index (χ1) is 8.20. The van der Waals surface area contributed by atoms with E-state index in [1.807, 2.05) is 0 Å². The van der Waals surface area contributed by atoms with Gasteiger partial charge in [-0.2, -0.15) is 18.3 Å². The number of carboxylic acid groups (broad SMARTS) is 1. The third kappa shape index (κ3) is 1.90. The second kappa shape index (κ2) is 4.48. The number of carbonyl (C=O) groups is 1. The van der Waals surface area contributed by atoms with Crippen LogP contribution in [0.5, 0.6) is 5.75 Å². The van der Waals surface area contributed by atoms with Crippen LogP contribution in [-0.2, 0) is 16.9 Å². The maximum atomic E-state index is 12.9. The van der Waals surface area contributed by atoms with E-state index in [1.54, 1.807) is 0 Å². The highest BCUT2D eigenvalue weighted by Crippen LogP contribution is 2.41. The quantitative estimate of drug-likeness (QED) is 0.838. The number of alkyl halides is 3. The molecule has 1 unspecified atom stereocenters. The van der Waals surface area contributed by atoms with Crippen molar-refractivity contribution in [1.29, 1.82) is 0 Å². The van der Waals surface area contributed by atoms with Crippen LogP contribution in [0, 0.1) is 0 Å². The number of aromatic nitrogens is 2. The molecule has 1 heterocycles. The van der Waals surface area contributed by atoms with E-state index < -0.39 is 23.4 Å². The number of halogens is 3. The topological polar surface area (TPSA) is 90.4 Å². The van der Waals surface area contributed by atoms with E-state index in [4.69, 9.17) is 15.6 Å². The van der Waals surface area contributed by atoms with E-state index >= 15 is 0 Å². The molecule has 18 heavy (non-hydrogen) atoms. The fraction of sp³-hybridized carbons (Fsp3) is 0.556. The van der Waals surface area contributed by atoms with Gasteiger partial charge in [0.05, 0.1) is 13.3 Å². The van der Waals surface area contributed by atoms with Crippen LogP contribution in [0.1, 0.15) is 12.6 Å². The van der Waals surface area contributed by atoms with E-state index in [0.717, 1.165) is 18.0 Å². The monoisotopic (exact) mass is 267 g/mol. The Balaban J connectivity index is 3.58. The summed E-state index contributed by atoms with van der Waals surface area (Å²) in [6, 6.07) is 0. The number of nitrogens with zero attached hydrogens (tertiary/aromatic N) is 2. The molecule has 0 aliphatic carbocycles. The molecule has 0 aromatic carbocycles. The highest BCUT2D eigenvalue weighted by Gasteiger charge is 2.62. The van der Waals surface area contributed by atoms with E-state index in [0.29, 0.717) is 0 Å². The molecule has 0 bridgehead atoms. The van der Waals surface area contributed by atoms with Crippen LogP contribution >= 0.6 is 0 Å². The van der Waals surface area contributed by atoms with Gasteiger partial charge in [0.2, 0.25) is 0 Å². The lowest BCUT2D eigenvalue weighted by atomic mass is 9.95. The zero-order valence-corrected chi connectivity index (χ0v) is 9.65. The van der Waals surface area contributed by atoms with Crippen LogP contribution in [0.4, 0.5) is 13.2 Å². The molecule has 3 N–H and O–H groups in total. The summed E-state index contributed by atoms with van der Waals surface area (Å²) in [5, 5.41) is 12.5. The van der Waals surface area contributed by atoms with Crippen molar-refractivity contribution in [3.63, 3.8) is 0 Å². The van der Waals surface area contributed by atoms with Crippen LogP contribution in [0.3, 0.4) is 0 Å². The lowest BCUT2D eigenvalue weighted by molar-refractivity contribution is -0.206. The lowest BCUT2D eigenvalue weighted by Crippen LogP contribution is -2.57. The molecule has 0 amide bonds. The number of carboxylic acids is 1. The normalized spacial score (nSPS) is 15.2.